The van der Waals surface area contributed by atoms with Gasteiger partial charge in [-0.25, -0.2) is 4.39 Å². The summed E-state index contributed by atoms with van der Waals surface area (Å²) in [5, 5.41) is 11.1. The first-order valence-electron chi connectivity index (χ1n) is 11.6. The van der Waals surface area contributed by atoms with Crippen LogP contribution in [0.1, 0.15) is 45.2 Å². The van der Waals surface area contributed by atoms with Crippen molar-refractivity contribution in [2.75, 3.05) is 6.61 Å². The van der Waals surface area contributed by atoms with E-state index in [2.05, 4.69) is 24.9 Å². The van der Waals surface area contributed by atoms with Crippen molar-refractivity contribution in [1.82, 2.24) is 4.98 Å². The Balaban J connectivity index is 1.41. The number of hydrogen-bond donors (Lipinski definition) is 1. The number of aromatic nitrogens is 1. The number of pyridine rings is 1. The Bertz CT molecular complexity index is 1050. The van der Waals surface area contributed by atoms with E-state index in [0.717, 1.165) is 36.1 Å². The minimum absolute atomic E-state index is 0.0560. The number of aliphatic hydroxyl groups excluding tert-OH is 1. The lowest BCUT2D eigenvalue weighted by atomic mass is 9.45. The van der Waals surface area contributed by atoms with Crippen LogP contribution in [0.3, 0.4) is 0 Å². The lowest BCUT2D eigenvalue weighted by molar-refractivity contribution is -0.159. The number of halogens is 1. The molecule has 0 radical (unpaired) electrons. The van der Waals surface area contributed by atoms with E-state index in [1.807, 2.05) is 24.3 Å². The first-order chi connectivity index (χ1) is 15.3. The van der Waals surface area contributed by atoms with Crippen LogP contribution in [0.15, 0.2) is 48.7 Å². The largest absolute Gasteiger partial charge is 0.465 e. The summed E-state index contributed by atoms with van der Waals surface area (Å²) in [7, 11) is 0. The van der Waals surface area contributed by atoms with E-state index in [-0.39, 0.29) is 29.0 Å². The minimum Gasteiger partial charge on any atom is -0.465 e. The topological polar surface area (TPSA) is 59.4 Å². The van der Waals surface area contributed by atoms with Crippen LogP contribution in [0, 0.1) is 34.4 Å². The second kappa shape index (κ2) is 7.80. The van der Waals surface area contributed by atoms with Crippen molar-refractivity contribution in [3.63, 3.8) is 0 Å². The molecule has 1 saturated heterocycles. The molecule has 5 rings (SSSR count). The number of carbonyl (C=O) groups excluding carboxylic acids is 1. The van der Waals surface area contributed by atoms with Gasteiger partial charge in [-0.3, -0.25) is 9.78 Å². The lowest BCUT2D eigenvalue weighted by Crippen LogP contribution is -2.57. The van der Waals surface area contributed by atoms with Crippen LogP contribution in [-0.4, -0.2) is 28.8 Å². The molecule has 0 amide bonds. The highest BCUT2D eigenvalue weighted by Crippen LogP contribution is 2.63. The van der Waals surface area contributed by atoms with E-state index in [0.29, 0.717) is 18.9 Å². The van der Waals surface area contributed by atoms with Gasteiger partial charge in [0.15, 0.2) is 0 Å². The standard InChI is InChI=1S/C27H30FNO3/c1-26(12-10-21-8-6-18(15-29-21)17-4-3-5-20(28)14-17)22-9-7-19-16-32-25(31)24(19)27(22,2)13-11-23(26)30/h3-6,8,10,12,14-15,19,22-24,30H,7,9,11,13,16H2,1-2H3/b12-10+/t19-,22-,23+,24+,26-,27-/m1/s1. The summed E-state index contributed by atoms with van der Waals surface area (Å²) in [6.45, 7) is 4.89. The van der Waals surface area contributed by atoms with Crippen molar-refractivity contribution >= 4 is 12.0 Å². The number of esters is 1. The van der Waals surface area contributed by atoms with E-state index in [1.54, 1.807) is 12.3 Å². The molecule has 1 aromatic carbocycles. The molecule has 1 N–H and O–H groups in total. The molecule has 1 aliphatic heterocycles. The van der Waals surface area contributed by atoms with Crippen molar-refractivity contribution < 1.29 is 19.0 Å². The Hall–Kier alpha value is -2.53. The Labute approximate surface area is 188 Å². The Morgan fingerprint density at radius 1 is 1.16 bits per heavy atom. The van der Waals surface area contributed by atoms with E-state index in [4.69, 9.17) is 4.74 Å². The SMILES string of the molecule is C[C@@]1(/C=C/c2ccc(-c3cccc(F)c3)cn2)[C@H]2CC[C@@H]3COC(=O)[C@H]3[C@]2(C)CC[C@@H]1O. The van der Waals surface area contributed by atoms with Crippen molar-refractivity contribution in [3.05, 3.63) is 60.2 Å². The van der Waals surface area contributed by atoms with Gasteiger partial charge in [0.1, 0.15) is 5.82 Å². The zero-order valence-electron chi connectivity index (χ0n) is 18.6. The molecule has 2 saturated carbocycles. The summed E-state index contributed by atoms with van der Waals surface area (Å²) >= 11 is 0. The van der Waals surface area contributed by atoms with Gasteiger partial charge in [0.2, 0.25) is 0 Å². The predicted octanol–water partition coefficient (Wildman–Crippen LogP) is 5.27. The van der Waals surface area contributed by atoms with Gasteiger partial charge in [-0.15, -0.1) is 0 Å². The fraction of sp³-hybridized carbons (Fsp3) is 0.481. The molecule has 2 aliphatic carbocycles. The van der Waals surface area contributed by atoms with Gasteiger partial charge >= 0.3 is 5.97 Å². The molecule has 1 aromatic heterocycles. The van der Waals surface area contributed by atoms with Crippen LogP contribution in [-0.2, 0) is 9.53 Å². The van der Waals surface area contributed by atoms with E-state index in [9.17, 15) is 14.3 Å². The van der Waals surface area contributed by atoms with E-state index < -0.39 is 11.5 Å². The number of hydrogen-bond acceptors (Lipinski definition) is 4. The zero-order chi connectivity index (χ0) is 22.5. The summed E-state index contributed by atoms with van der Waals surface area (Å²) in [6.07, 6.45) is 8.84. The van der Waals surface area contributed by atoms with Crippen molar-refractivity contribution in [1.29, 1.82) is 0 Å². The predicted molar refractivity (Wildman–Crippen MR) is 121 cm³/mol. The maximum Gasteiger partial charge on any atom is 0.309 e. The monoisotopic (exact) mass is 435 g/mol. The van der Waals surface area contributed by atoms with Crippen LogP contribution >= 0.6 is 0 Å². The molecule has 32 heavy (non-hydrogen) atoms. The van der Waals surface area contributed by atoms with E-state index >= 15 is 0 Å². The number of carbonyl (C=O) groups is 1. The molecule has 3 fully saturated rings. The number of rotatable bonds is 3. The summed E-state index contributed by atoms with van der Waals surface area (Å²) in [6, 6.07) is 10.3. The lowest BCUT2D eigenvalue weighted by Gasteiger charge is -2.58. The third-order valence-corrected chi connectivity index (χ3v) is 8.48. The highest BCUT2D eigenvalue weighted by molar-refractivity contribution is 5.76. The number of cyclic esters (lactones) is 1. The van der Waals surface area contributed by atoms with Crippen LogP contribution in [0.25, 0.3) is 17.2 Å². The summed E-state index contributed by atoms with van der Waals surface area (Å²) in [5.41, 5.74) is 1.84. The van der Waals surface area contributed by atoms with Gasteiger partial charge < -0.3 is 9.84 Å². The zero-order valence-corrected chi connectivity index (χ0v) is 18.6. The number of aliphatic hydroxyl groups is 1. The number of nitrogens with zero attached hydrogens (tertiary/aromatic N) is 1. The third kappa shape index (κ3) is 3.38. The molecule has 6 atom stereocenters. The molecule has 0 spiro atoms. The second-order valence-electron chi connectivity index (χ2n) is 10.2. The second-order valence-corrected chi connectivity index (χ2v) is 10.2. The third-order valence-electron chi connectivity index (χ3n) is 8.48. The van der Waals surface area contributed by atoms with Crippen molar-refractivity contribution in [3.8, 4) is 11.1 Å². The first kappa shape index (κ1) is 21.3. The number of ether oxygens (including phenoxy) is 1. The van der Waals surface area contributed by atoms with Crippen molar-refractivity contribution in [2.45, 2.75) is 45.6 Å². The average molecular weight is 436 g/mol. The molecule has 2 heterocycles. The maximum absolute atomic E-state index is 13.5. The average Bonchev–Trinajstić information content (AvgIpc) is 3.18. The highest BCUT2D eigenvalue weighted by atomic mass is 19.1. The smallest absolute Gasteiger partial charge is 0.309 e. The summed E-state index contributed by atoms with van der Waals surface area (Å²) in [4.78, 5) is 17.1. The molecule has 3 aliphatic rings. The normalized spacial score (nSPS) is 36.6. The molecule has 0 unspecified atom stereocenters. The molecule has 2 aromatic rings. The quantitative estimate of drug-likeness (QED) is 0.668. The van der Waals surface area contributed by atoms with Gasteiger partial charge in [0, 0.05) is 23.1 Å². The van der Waals surface area contributed by atoms with Crippen LogP contribution in [0.2, 0.25) is 0 Å². The number of fused-ring (bicyclic) bond motifs is 3. The highest BCUT2D eigenvalue weighted by Gasteiger charge is 2.62. The molecule has 5 heteroatoms. The van der Waals surface area contributed by atoms with Gasteiger partial charge in [-0.2, -0.15) is 0 Å². The van der Waals surface area contributed by atoms with Crippen LogP contribution in [0.5, 0.6) is 0 Å². The Morgan fingerprint density at radius 2 is 2.00 bits per heavy atom. The molecule has 0 bridgehead atoms. The summed E-state index contributed by atoms with van der Waals surface area (Å²) < 4.78 is 19.0. The molecule has 4 nitrogen and oxygen atoms in total. The fourth-order valence-electron chi connectivity index (χ4n) is 6.73. The van der Waals surface area contributed by atoms with E-state index in [1.165, 1.54) is 12.1 Å². The fourth-order valence-corrected chi connectivity index (χ4v) is 6.73. The Kier molecular flexibility index (Phi) is 5.20. The van der Waals surface area contributed by atoms with Gasteiger partial charge in [0.05, 0.1) is 24.3 Å². The summed E-state index contributed by atoms with van der Waals surface area (Å²) in [5.74, 6) is 0.122. The van der Waals surface area contributed by atoms with Gasteiger partial charge in [0.25, 0.3) is 0 Å². The van der Waals surface area contributed by atoms with Crippen LogP contribution in [0.4, 0.5) is 4.39 Å². The van der Waals surface area contributed by atoms with Crippen LogP contribution < -0.4 is 0 Å². The Morgan fingerprint density at radius 3 is 2.75 bits per heavy atom. The van der Waals surface area contributed by atoms with Crippen molar-refractivity contribution in [2.24, 2.45) is 28.6 Å². The minimum atomic E-state index is -0.461. The molecule has 168 valence electrons. The first-order valence-corrected chi connectivity index (χ1v) is 11.6. The molecular formula is C27H30FNO3. The molecular weight excluding hydrogens is 405 g/mol. The van der Waals surface area contributed by atoms with Gasteiger partial charge in [-0.1, -0.05) is 38.1 Å². The van der Waals surface area contributed by atoms with Gasteiger partial charge in [-0.05, 0) is 66.9 Å². The maximum atomic E-state index is 13.5. The number of benzene rings is 1.